The Morgan fingerprint density at radius 2 is 1.89 bits per heavy atom. The van der Waals surface area contributed by atoms with Crippen LogP contribution >= 0.6 is 34.8 Å². The predicted molar refractivity (Wildman–Crippen MR) is 40.1 cm³/mol. The van der Waals surface area contributed by atoms with Gasteiger partial charge in [-0.05, 0) is 6.08 Å². The molecule has 1 rings (SSSR count). The maximum atomic E-state index is 5.57. The summed E-state index contributed by atoms with van der Waals surface area (Å²) in [6.45, 7) is 0. The van der Waals surface area contributed by atoms with Gasteiger partial charge in [0.25, 0.3) is 0 Å². The van der Waals surface area contributed by atoms with E-state index in [0.29, 0.717) is 15.6 Å². The molecule has 0 aromatic heterocycles. The summed E-state index contributed by atoms with van der Waals surface area (Å²) >= 11 is 16.6. The molecule has 0 spiro atoms. The number of nitrogens with one attached hydrogen (secondary N) is 1. The molecule has 0 atom stereocenters. The van der Waals surface area contributed by atoms with Crippen LogP contribution in [0.15, 0.2) is 22.3 Å². The second kappa shape index (κ2) is 2.82. The first-order chi connectivity index (χ1) is 4.20. The van der Waals surface area contributed by atoms with E-state index in [1.807, 2.05) is 0 Å². The van der Waals surface area contributed by atoms with Crippen LogP contribution in [0.25, 0.3) is 0 Å². The number of dihydropyridines is 1. The first-order valence-corrected chi connectivity index (χ1v) is 3.36. The lowest BCUT2D eigenvalue weighted by atomic mass is 10.4. The normalized spacial score (nSPS) is 20.3. The highest BCUT2D eigenvalue weighted by Gasteiger charge is 2.12. The van der Waals surface area contributed by atoms with Crippen LogP contribution < -0.4 is 5.32 Å². The van der Waals surface area contributed by atoms with Gasteiger partial charge < -0.3 is 5.32 Å². The van der Waals surface area contributed by atoms with Gasteiger partial charge in [-0.15, -0.1) is 0 Å². The van der Waals surface area contributed by atoms with Gasteiger partial charge in [-0.3, -0.25) is 0 Å². The molecule has 0 fully saturated rings. The van der Waals surface area contributed by atoms with E-state index in [-0.39, 0.29) is 0 Å². The van der Waals surface area contributed by atoms with Gasteiger partial charge in [0, 0.05) is 6.20 Å². The third-order valence-corrected chi connectivity index (χ3v) is 1.74. The maximum Gasteiger partial charge on any atom is 0.191 e. The minimum absolute atomic E-state index is 0.404. The van der Waals surface area contributed by atoms with E-state index in [9.17, 15) is 0 Å². The third kappa shape index (κ3) is 1.78. The van der Waals surface area contributed by atoms with E-state index >= 15 is 0 Å². The summed E-state index contributed by atoms with van der Waals surface area (Å²) in [6.07, 6.45) is 3.14. The second-order valence-corrected chi connectivity index (χ2v) is 2.70. The molecule has 1 nitrogen and oxygen atoms in total. The SMILES string of the molecule is Cl[C]1NC=C(Cl)C=C1Cl. The highest BCUT2D eigenvalue weighted by molar-refractivity contribution is 6.43. The summed E-state index contributed by atoms with van der Waals surface area (Å²) in [5.41, 5.74) is 0.404. The van der Waals surface area contributed by atoms with Crippen molar-refractivity contribution in [3.05, 3.63) is 27.8 Å². The molecule has 1 N–H and O–H groups in total. The quantitative estimate of drug-likeness (QED) is 0.569. The van der Waals surface area contributed by atoms with Gasteiger partial charge in [-0.25, -0.2) is 0 Å². The smallest absolute Gasteiger partial charge is 0.191 e. The zero-order valence-electron chi connectivity index (χ0n) is 4.29. The molecule has 49 valence electrons. The lowest BCUT2D eigenvalue weighted by molar-refractivity contribution is 1.03. The van der Waals surface area contributed by atoms with Crippen molar-refractivity contribution in [1.29, 1.82) is 0 Å². The number of hydrogen-bond donors (Lipinski definition) is 1. The van der Waals surface area contributed by atoms with E-state index in [1.165, 1.54) is 0 Å². The molecule has 0 amide bonds. The highest BCUT2D eigenvalue weighted by atomic mass is 35.5. The van der Waals surface area contributed by atoms with Crippen molar-refractivity contribution >= 4 is 34.8 Å². The van der Waals surface area contributed by atoms with Crippen molar-refractivity contribution in [2.75, 3.05) is 0 Å². The van der Waals surface area contributed by atoms with E-state index in [4.69, 9.17) is 34.8 Å². The Morgan fingerprint density at radius 3 is 2.33 bits per heavy atom. The number of rotatable bonds is 0. The van der Waals surface area contributed by atoms with Crippen LogP contribution in [0.4, 0.5) is 0 Å². The molecule has 1 aliphatic heterocycles. The summed E-state index contributed by atoms with van der Waals surface area (Å²) < 4.78 is 0. The molecule has 9 heavy (non-hydrogen) atoms. The Kier molecular flexibility index (Phi) is 2.28. The van der Waals surface area contributed by atoms with Gasteiger partial charge in [0.15, 0.2) is 5.50 Å². The van der Waals surface area contributed by atoms with Crippen LogP contribution in [0.5, 0.6) is 0 Å². The van der Waals surface area contributed by atoms with E-state index in [1.54, 1.807) is 12.3 Å². The summed E-state index contributed by atoms with van der Waals surface area (Å²) in [4.78, 5) is 0. The van der Waals surface area contributed by atoms with Crippen molar-refractivity contribution < 1.29 is 0 Å². The molecule has 0 aromatic carbocycles. The monoisotopic (exact) mass is 182 g/mol. The predicted octanol–water partition coefficient (Wildman–Crippen LogP) is 2.52. The zero-order valence-corrected chi connectivity index (χ0v) is 6.56. The molecule has 1 heterocycles. The fraction of sp³-hybridized carbons (Fsp3) is 0. The van der Waals surface area contributed by atoms with Crippen LogP contribution in [-0.4, -0.2) is 0 Å². The van der Waals surface area contributed by atoms with Gasteiger partial charge in [0.1, 0.15) is 0 Å². The Labute approximate surface area is 68.3 Å². The topological polar surface area (TPSA) is 12.0 Å². The largest absolute Gasteiger partial charge is 0.364 e. The first kappa shape index (κ1) is 7.26. The number of halogens is 3. The standard InChI is InChI=1S/C5H3Cl3N/c6-3-1-4(7)5(8)9-2-3/h1-2,9H. The third-order valence-electron chi connectivity index (χ3n) is 0.811. The lowest BCUT2D eigenvalue weighted by Crippen LogP contribution is -2.12. The van der Waals surface area contributed by atoms with Crippen molar-refractivity contribution in [3.63, 3.8) is 0 Å². The average molecular weight is 183 g/mol. The molecular weight excluding hydrogens is 180 g/mol. The van der Waals surface area contributed by atoms with E-state index < -0.39 is 0 Å². The van der Waals surface area contributed by atoms with Gasteiger partial charge >= 0.3 is 0 Å². The van der Waals surface area contributed by atoms with Crippen LogP contribution in [0.2, 0.25) is 0 Å². The summed E-state index contributed by atoms with van der Waals surface area (Å²) in [7, 11) is 0. The second-order valence-electron chi connectivity index (χ2n) is 1.48. The maximum absolute atomic E-state index is 5.57. The summed E-state index contributed by atoms with van der Waals surface area (Å²) in [5.74, 6) is 0. The van der Waals surface area contributed by atoms with Gasteiger partial charge in [-0.1, -0.05) is 34.8 Å². The van der Waals surface area contributed by atoms with Crippen molar-refractivity contribution in [1.82, 2.24) is 5.32 Å². The molecule has 0 unspecified atom stereocenters. The molecule has 0 aliphatic carbocycles. The van der Waals surface area contributed by atoms with Gasteiger partial charge in [0.2, 0.25) is 0 Å². The van der Waals surface area contributed by atoms with Crippen molar-refractivity contribution in [3.8, 4) is 0 Å². The van der Waals surface area contributed by atoms with Gasteiger partial charge in [-0.2, -0.15) is 0 Å². The Hall–Kier alpha value is 0.150. The Balaban J connectivity index is 2.74. The summed E-state index contributed by atoms with van der Waals surface area (Å²) in [6, 6.07) is 0. The van der Waals surface area contributed by atoms with Crippen LogP contribution in [0.1, 0.15) is 0 Å². The zero-order chi connectivity index (χ0) is 6.85. The lowest BCUT2D eigenvalue weighted by Gasteiger charge is -2.10. The van der Waals surface area contributed by atoms with Crippen LogP contribution in [0, 0.1) is 5.50 Å². The Bertz CT molecular complexity index is 173. The molecular formula is C5H3Cl3N. The minimum atomic E-state index is 0.404. The fourth-order valence-electron chi connectivity index (χ4n) is 0.427. The van der Waals surface area contributed by atoms with Crippen molar-refractivity contribution in [2.45, 2.75) is 0 Å². The van der Waals surface area contributed by atoms with Gasteiger partial charge in [0.05, 0.1) is 10.1 Å². The number of hydrogen-bond acceptors (Lipinski definition) is 1. The Morgan fingerprint density at radius 1 is 1.22 bits per heavy atom. The fourth-order valence-corrected chi connectivity index (χ4v) is 0.928. The molecule has 0 saturated carbocycles. The molecule has 1 radical (unpaired) electrons. The molecule has 0 bridgehead atoms. The average Bonchev–Trinajstić information content (AvgIpc) is 1.80. The minimum Gasteiger partial charge on any atom is -0.364 e. The molecule has 1 aliphatic rings. The molecule has 0 saturated heterocycles. The van der Waals surface area contributed by atoms with Crippen molar-refractivity contribution in [2.24, 2.45) is 0 Å². The van der Waals surface area contributed by atoms with Crippen LogP contribution in [0.3, 0.4) is 0 Å². The first-order valence-electron chi connectivity index (χ1n) is 2.22. The highest BCUT2D eigenvalue weighted by Crippen LogP contribution is 2.25. The number of allylic oxidation sites excluding steroid dienone is 2. The summed E-state index contributed by atoms with van der Waals surface area (Å²) in [5, 5.41) is 3.65. The van der Waals surface area contributed by atoms with Crippen LogP contribution in [-0.2, 0) is 0 Å². The van der Waals surface area contributed by atoms with E-state index in [2.05, 4.69) is 5.32 Å². The molecule has 0 aromatic rings. The van der Waals surface area contributed by atoms with E-state index in [0.717, 1.165) is 0 Å². The molecule has 4 heteroatoms.